The molecule has 0 radical (unpaired) electrons. The van der Waals surface area contributed by atoms with Gasteiger partial charge in [-0.05, 0) is 84.1 Å². The standard InChI is InChI=1S/C31H29ClN4O4/c1-4-36-29-24(31(39)35(3)26-6-5-12-33-30(26)36)15-20(18-34-29)11-13-40-27-10-8-21(14-19(27)2)22-7-9-25(32)23(16-22)17-28(37)38/h5-10,12,14-16,18H,4,11,13,17H2,1-3H3,(H,37,38). The Balaban J connectivity index is 1.30. The SMILES string of the molecule is CCN1c2ncc(CCOc3ccc(-c4ccc(Cl)c(CC(=O)O)c4)cc3C)cc2C(=O)N(C)c2cccnc21. The molecule has 0 fully saturated rings. The summed E-state index contributed by atoms with van der Waals surface area (Å²) in [6, 6.07) is 16.9. The average Bonchev–Trinajstić information content (AvgIpc) is 3.03. The zero-order valence-corrected chi connectivity index (χ0v) is 23.3. The molecule has 4 aromatic rings. The molecule has 204 valence electrons. The lowest BCUT2D eigenvalue weighted by Gasteiger charge is -2.22. The third kappa shape index (κ3) is 5.35. The lowest BCUT2D eigenvalue weighted by atomic mass is 10.00. The van der Waals surface area contributed by atoms with Crippen LogP contribution in [0.3, 0.4) is 0 Å². The number of hydrogen-bond donors (Lipinski definition) is 1. The highest BCUT2D eigenvalue weighted by atomic mass is 35.5. The van der Waals surface area contributed by atoms with Gasteiger partial charge < -0.3 is 19.6 Å². The first kappa shape index (κ1) is 27.1. The van der Waals surface area contributed by atoms with Crippen molar-refractivity contribution >= 4 is 40.8 Å². The van der Waals surface area contributed by atoms with E-state index >= 15 is 0 Å². The second-order valence-electron chi connectivity index (χ2n) is 9.62. The molecule has 1 N–H and O–H groups in total. The quantitative estimate of drug-likeness (QED) is 0.280. The second kappa shape index (κ2) is 11.4. The average molecular weight is 557 g/mol. The summed E-state index contributed by atoms with van der Waals surface area (Å²) >= 11 is 6.18. The van der Waals surface area contributed by atoms with Crippen molar-refractivity contribution in [1.82, 2.24) is 9.97 Å². The molecule has 0 unspecified atom stereocenters. The van der Waals surface area contributed by atoms with Crippen LogP contribution >= 0.6 is 11.6 Å². The first-order valence-electron chi connectivity index (χ1n) is 13.0. The minimum atomic E-state index is -0.926. The van der Waals surface area contributed by atoms with E-state index in [4.69, 9.17) is 21.4 Å². The highest BCUT2D eigenvalue weighted by Gasteiger charge is 2.30. The molecule has 8 nitrogen and oxygen atoms in total. The predicted octanol–water partition coefficient (Wildman–Crippen LogP) is 6.10. The van der Waals surface area contributed by atoms with Crippen molar-refractivity contribution in [2.24, 2.45) is 0 Å². The van der Waals surface area contributed by atoms with E-state index in [1.165, 1.54) is 0 Å². The van der Waals surface area contributed by atoms with Gasteiger partial charge in [0.2, 0.25) is 0 Å². The summed E-state index contributed by atoms with van der Waals surface area (Å²) in [5.74, 6) is 1.00. The molecule has 0 aliphatic carbocycles. The van der Waals surface area contributed by atoms with E-state index in [9.17, 15) is 9.59 Å². The van der Waals surface area contributed by atoms with Crippen molar-refractivity contribution in [3.63, 3.8) is 0 Å². The van der Waals surface area contributed by atoms with Crippen LogP contribution in [0.1, 0.15) is 34.0 Å². The summed E-state index contributed by atoms with van der Waals surface area (Å²) < 4.78 is 6.09. The Hall–Kier alpha value is -4.43. The molecule has 2 aromatic heterocycles. The van der Waals surface area contributed by atoms with Crippen molar-refractivity contribution in [1.29, 1.82) is 0 Å². The van der Waals surface area contributed by atoms with E-state index in [-0.39, 0.29) is 12.3 Å². The molecule has 3 heterocycles. The molecule has 0 saturated heterocycles. The fourth-order valence-corrected chi connectivity index (χ4v) is 5.06. The van der Waals surface area contributed by atoms with E-state index in [1.807, 2.05) is 67.3 Å². The number of fused-ring (bicyclic) bond motifs is 2. The number of ether oxygens (including phenoxy) is 1. The van der Waals surface area contributed by atoms with Crippen LogP contribution in [0.4, 0.5) is 17.3 Å². The summed E-state index contributed by atoms with van der Waals surface area (Å²) in [5.41, 5.74) is 5.54. The number of aryl methyl sites for hydroxylation is 1. The van der Waals surface area contributed by atoms with Crippen LogP contribution in [0.25, 0.3) is 11.1 Å². The zero-order valence-electron chi connectivity index (χ0n) is 22.5. The van der Waals surface area contributed by atoms with Crippen molar-refractivity contribution in [2.75, 3.05) is 30.0 Å². The van der Waals surface area contributed by atoms with Gasteiger partial charge >= 0.3 is 5.97 Å². The Morgan fingerprint density at radius 1 is 1.05 bits per heavy atom. The molecule has 9 heteroatoms. The first-order valence-corrected chi connectivity index (χ1v) is 13.4. The molecule has 1 aliphatic rings. The highest BCUT2D eigenvalue weighted by molar-refractivity contribution is 6.31. The van der Waals surface area contributed by atoms with Gasteiger partial charge in [0.25, 0.3) is 5.91 Å². The van der Waals surface area contributed by atoms with Crippen molar-refractivity contribution in [3.8, 4) is 16.9 Å². The van der Waals surface area contributed by atoms with Gasteiger partial charge in [0.15, 0.2) is 5.82 Å². The molecule has 2 aromatic carbocycles. The molecule has 0 atom stereocenters. The first-order chi connectivity index (χ1) is 19.3. The summed E-state index contributed by atoms with van der Waals surface area (Å²) in [5, 5.41) is 9.59. The van der Waals surface area contributed by atoms with Gasteiger partial charge in [-0.2, -0.15) is 0 Å². The number of pyridine rings is 2. The van der Waals surface area contributed by atoms with Gasteiger partial charge in [-0.1, -0.05) is 23.7 Å². The fourth-order valence-electron chi connectivity index (χ4n) is 4.88. The minimum Gasteiger partial charge on any atom is -0.493 e. The molecular weight excluding hydrogens is 528 g/mol. The smallest absolute Gasteiger partial charge is 0.307 e. The molecule has 5 rings (SSSR count). The number of anilines is 3. The summed E-state index contributed by atoms with van der Waals surface area (Å²) in [6.45, 7) is 5.01. The number of nitrogens with zero attached hydrogens (tertiary/aromatic N) is 4. The van der Waals surface area contributed by atoms with E-state index in [0.29, 0.717) is 47.4 Å². The van der Waals surface area contributed by atoms with Crippen molar-refractivity contribution < 1.29 is 19.4 Å². The number of amides is 1. The number of carboxylic acid groups (broad SMARTS) is 1. The Labute approximate surface area is 237 Å². The molecule has 1 aliphatic heterocycles. The molecular formula is C31H29ClN4O4. The number of halogens is 1. The number of benzene rings is 2. The Morgan fingerprint density at radius 3 is 2.58 bits per heavy atom. The van der Waals surface area contributed by atoms with Crippen molar-refractivity contribution in [3.05, 3.63) is 94.3 Å². The fraction of sp³-hybridized carbons (Fsp3) is 0.226. The van der Waals surface area contributed by atoms with Crippen LogP contribution < -0.4 is 14.5 Å². The Kier molecular flexibility index (Phi) is 7.71. The number of aromatic nitrogens is 2. The number of aliphatic carboxylic acids is 1. The van der Waals surface area contributed by atoms with E-state index in [2.05, 4.69) is 9.97 Å². The maximum atomic E-state index is 13.4. The van der Waals surface area contributed by atoms with Crippen LogP contribution in [0.15, 0.2) is 67.0 Å². The van der Waals surface area contributed by atoms with Crippen LogP contribution in [0.5, 0.6) is 5.75 Å². The van der Waals surface area contributed by atoms with Crippen LogP contribution in [-0.4, -0.2) is 47.2 Å². The molecule has 0 spiro atoms. The predicted molar refractivity (Wildman–Crippen MR) is 156 cm³/mol. The number of hydrogen-bond acceptors (Lipinski definition) is 6. The van der Waals surface area contributed by atoms with Gasteiger partial charge in [-0.3, -0.25) is 9.59 Å². The molecule has 1 amide bonds. The van der Waals surface area contributed by atoms with Crippen LogP contribution in [-0.2, 0) is 17.6 Å². The number of carbonyl (C=O) groups excluding carboxylic acids is 1. The van der Waals surface area contributed by atoms with Crippen LogP contribution in [0.2, 0.25) is 5.02 Å². The lowest BCUT2D eigenvalue weighted by molar-refractivity contribution is -0.136. The normalized spacial score (nSPS) is 12.6. The Bertz CT molecular complexity index is 1610. The number of carboxylic acids is 1. The largest absolute Gasteiger partial charge is 0.493 e. The van der Waals surface area contributed by atoms with Crippen molar-refractivity contribution in [2.45, 2.75) is 26.7 Å². The minimum absolute atomic E-state index is 0.129. The van der Waals surface area contributed by atoms with Gasteiger partial charge in [-0.25, -0.2) is 9.97 Å². The summed E-state index contributed by atoms with van der Waals surface area (Å²) in [7, 11) is 1.75. The monoisotopic (exact) mass is 556 g/mol. The maximum Gasteiger partial charge on any atom is 0.307 e. The molecule has 0 bridgehead atoms. The number of carbonyl (C=O) groups is 2. The maximum absolute atomic E-state index is 13.4. The Morgan fingerprint density at radius 2 is 1.82 bits per heavy atom. The van der Waals surface area contributed by atoms with Gasteiger partial charge in [0.05, 0.1) is 24.3 Å². The van der Waals surface area contributed by atoms with Gasteiger partial charge in [0, 0.05) is 37.4 Å². The van der Waals surface area contributed by atoms with E-state index < -0.39 is 5.97 Å². The molecule has 40 heavy (non-hydrogen) atoms. The summed E-state index contributed by atoms with van der Waals surface area (Å²) in [4.78, 5) is 37.3. The topological polar surface area (TPSA) is 95.9 Å². The molecule has 0 saturated carbocycles. The lowest BCUT2D eigenvalue weighted by Crippen LogP contribution is -2.25. The number of rotatable bonds is 8. The highest BCUT2D eigenvalue weighted by Crippen LogP contribution is 2.37. The summed E-state index contributed by atoms with van der Waals surface area (Å²) in [6.07, 6.45) is 3.95. The van der Waals surface area contributed by atoms with Gasteiger partial charge in [-0.15, -0.1) is 0 Å². The van der Waals surface area contributed by atoms with Crippen LogP contribution in [0, 0.1) is 6.92 Å². The van der Waals surface area contributed by atoms with Gasteiger partial charge in [0.1, 0.15) is 11.6 Å². The van der Waals surface area contributed by atoms with E-state index in [0.717, 1.165) is 33.7 Å². The third-order valence-corrected chi connectivity index (χ3v) is 7.33. The van der Waals surface area contributed by atoms with E-state index in [1.54, 1.807) is 30.4 Å². The zero-order chi connectivity index (χ0) is 28.4. The second-order valence-corrected chi connectivity index (χ2v) is 10.0. The third-order valence-electron chi connectivity index (χ3n) is 6.96.